The number of hydrogen-bond acceptors (Lipinski definition) is 4. The normalized spacial score (nSPS) is 33.1. The molecule has 4 amide bonds. The van der Waals surface area contributed by atoms with E-state index in [1.165, 1.54) is 0 Å². The predicted molar refractivity (Wildman–Crippen MR) is 93.9 cm³/mol. The van der Waals surface area contributed by atoms with Crippen molar-refractivity contribution in [3.05, 3.63) is 0 Å². The highest BCUT2D eigenvalue weighted by Crippen LogP contribution is 2.36. The highest BCUT2D eigenvalue weighted by molar-refractivity contribution is 6.09. The molecule has 0 aromatic heterocycles. The van der Waals surface area contributed by atoms with Gasteiger partial charge < -0.3 is 10.6 Å². The average molecular weight is 350 g/mol. The van der Waals surface area contributed by atoms with Crippen LogP contribution in [0.3, 0.4) is 0 Å². The molecular weight excluding hydrogens is 320 g/mol. The second-order valence-corrected chi connectivity index (χ2v) is 7.81. The molecule has 140 valence electrons. The number of nitrogens with zero attached hydrogens (tertiary/aromatic N) is 2. The molecule has 7 heteroatoms. The van der Waals surface area contributed by atoms with Crippen molar-refractivity contribution in [1.82, 2.24) is 20.4 Å². The molecule has 2 saturated heterocycles. The van der Waals surface area contributed by atoms with Crippen molar-refractivity contribution in [3.63, 3.8) is 0 Å². The zero-order chi connectivity index (χ0) is 18.0. The molecule has 1 spiro atoms. The lowest BCUT2D eigenvalue weighted by Gasteiger charge is -2.33. The van der Waals surface area contributed by atoms with Gasteiger partial charge in [-0.3, -0.25) is 19.4 Å². The number of carbonyl (C=O) groups is 3. The highest BCUT2D eigenvalue weighted by Gasteiger charge is 2.52. The van der Waals surface area contributed by atoms with E-state index < -0.39 is 11.6 Å². The van der Waals surface area contributed by atoms with Gasteiger partial charge in [-0.05, 0) is 57.5 Å². The van der Waals surface area contributed by atoms with Crippen LogP contribution in [0.2, 0.25) is 0 Å². The fraction of sp³-hybridized carbons (Fsp3) is 0.833. The maximum atomic E-state index is 12.7. The number of nitrogens with one attached hydrogen (secondary N) is 2. The van der Waals surface area contributed by atoms with Gasteiger partial charge >= 0.3 is 6.03 Å². The molecule has 2 N–H and O–H groups in total. The third-order valence-corrected chi connectivity index (χ3v) is 6.12. The summed E-state index contributed by atoms with van der Waals surface area (Å²) in [6, 6.07) is -0.0611. The molecule has 25 heavy (non-hydrogen) atoms. The van der Waals surface area contributed by atoms with Crippen LogP contribution in [0.1, 0.15) is 52.4 Å². The highest BCUT2D eigenvalue weighted by atomic mass is 16.2. The minimum Gasteiger partial charge on any atom is -0.353 e. The van der Waals surface area contributed by atoms with E-state index in [1.54, 1.807) is 0 Å². The summed E-state index contributed by atoms with van der Waals surface area (Å²) in [6.07, 6.45) is 5.44. The summed E-state index contributed by atoms with van der Waals surface area (Å²) in [5.41, 5.74) is -0.770. The monoisotopic (exact) mass is 350 g/mol. The predicted octanol–water partition coefficient (Wildman–Crippen LogP) is 1.09. The largest absolute Gasteiger partial charge is 0.353 e. The fourth-order valence-electron chi connectivity index (χ4n) is 4.39. The molecule has 2 aliphatic heterocycles. The SMILES string of the molecule is CCN1CCCC1CNC(=O)CN1C(=O)NC2(CCC(C)CC2)C1=O. The van der Waals surface area contributed by atoms with Gasteiger partial charge in [0, 0.05) is 12.6 Å². The molecule has 3 rings (SSSR count). The molecule has 3 fully saturated rings. The Bertz CT molecular complexity index is 542. The Morgan fingerprint density at radius 3 is 2.68 bits per heavy atom. The summed E-state index contributed by atoms with van der Waals surface area (Å²) in [5.74, 6) is 0.101. The van der Waals surface area contributed by atoms with Crippen molar-refractivity contribution in [2.75, 3.05) is 26.2 Å². The average Bonchev–Trinajstić information content (AvgIpc) is 3.14. The molecule has 1 atom stereocenters. The number of amides is 4. The van der Waals surface area contributed by atoms with Crippen molar-refractivity contribution in [2.45, 2.75) is 64.0 Å². The van der Waals surface area contributed by atoms with Crippen LogP contribution in [-0.2, 0) is 9.59 Å². The number of urea groups is 1. The van der Waals surface area contributed by atoms with Gasteiger partial charge in [-0.1, -0.05) is 13.8 Å². The zero-order valence-electron chi connectivity index (χ0n) is 15.3. The Morgan fingerprint density at radius 2 is 2.00 bits per heavy atom. The van der Waals surface area contributed by atoms with Gasteiger partial charge in [0.2, 0.25) is 5.91 Å². The Kier molecular flexibility index (Phi) is 5.32. The van der Waals surface area contributed by atoms with E-state index in [0.717, 1.165) is 43.7 Å². The summed E-state index contributed by atoms with van der Waals surface area (Å²) in [5, 5.41) is 5.76. The van der Waals surface area contributed by atoms with Crippen LogP contribution in [0.15, 0.2) is 0 Å². The zero-order valence-corrected chi connectivity index (χ0v) is 15.3. The van der Waals surface area contributed by atoms with Gasteiger partial charge in [0.15, 0.2) is 0 Å². The molecule has 0 aromatic carbocycles. The van der Waals surface area contributed by atoms with E-state index in [0.29, 0.717) is 31.3 Å². The van der Waals surface area contributed by atoms with Crippen LogP contribution < -0.4 is 10.6 Å². The van der Waals surface area contributed by atoms with Crippen molar-refractivity contribution in [3.8, 4) is 0 Å². The minimum absolute atomic E-state index is 0.180. The summed E-state index contributed by atoms with van der Waals surface area (Å²) in [7, 11) is 0. The molecule has 1 saturated carbocycles. The first-order valence-electron chi connectivity index (χ1n) is 9.60. The molecule has 0 aromatic rings. The molecular formula is C18H30N4O3. The number of likely N-dealkylation sites (N-methyl/N-ethyl adjacent to an activating group) is 1. The lowest BCUT2D eigenvalue weighted by atomic mass is 9.77. The van der Waals surface area contributed by atoms with Gasteiger partial charge in [0.1, 0.15) is 12.1 Å². The first-order valence-corrected chi connectivity index (χ1v) is 9.60. The second kappa shape index (κ2) is 7.32. The first kappa shape index (κ1) is 18.2. The Hall–Kier alpha value is -1.63. The van der Waals surface area contributed by atoms with Crippen LogP contribution in [0, 0.1) is 5.92 Å². The van der Waals surface area contributed by atoms with Crippen LogP contribution in [0.5, 0.6) is 0 Å². The van der Waals surface area contributed by atoms with E-state index in [-0.39, 0.29) is 18.4 Å². The summed E-state index contributed by atoms with van der Waals surface area (Å²) < 4.78 is 0. The molecule has 3 aliphatic rings. The second-order valence-electron chi connectivity index (χ2n) is 7.81. The molecule has 0 radical (unpaired) electrons. The Morgan fingerprint density at radius 1 is 1.28 bits per heavy atom. The number of likely N-dealkylation sites (tertiary alicyclic amines) is 1. The van der Waals surface area contributed by atoms with E-state index in [9.17, 15) is 14.4 Å². The van der Waals surface area contributed by atoms with Crippen LogP contribution in [0.25, 0.3) is 0 Å². The minimum atomic E-state index is -0.770. The maximum absolute atomic E-state index is 12.7. The third-order valence-electron chi connectivity index (χ3n) is 6.12. The number of imide groups is 1. The summed E-state index contributed by atoms with van der Waals surface area (Å²) in [6.45, 7) is 6.75. The van der Waals surface area contributed by atoms with Crippen molar-refractivity contribution < 1.29 is 14.4 Å². The van der Waals surface area contributed by atoms with Crippen molar-refractivity contribution in [1.29, 1.82) is 0 Å². The van der Waals surface area contributed by atoms with E-state index >= 15 is 0 Å². The summed E-state index contributed by atoms with van der Waals surface area (Å²) >= 11 is 0. The number of hydrogen-bond donors (Lipinski definition) is 2. The standard InChI is InChI=1S/C18H30N4O3/c1-3-21-10-4-5-14(21)11-19-15(23)12-22-16(24)18(20-17(22)25)8-6-13(2)7-9-18/h13-14H,3-12H2,1-2H3,(H,19,23)(H,20,25). The third kappa shape index (κ3) is 3.66. The van der Waals surface area contributed by atoms with Gasteiger partial charge in [-0.2, -0.15) is 0 Å². The lowest BCUT2D eigenvalue weighted by Crippen LogP contribution is -2.50. The van der Waals surface area contributed by atoms with Gasteiger partial charge in [0.05, 0.1) is 0 Å². The maximum Gasteiger partial charge on any atom is 0.325 e. The van der Waals surface area contributed by atoms with Crippen LogP contribution >= 0.6 is 0 Å². The fourth-order valence-corrected chi connectivity index (χ4v) is 4.39. The quantitative estimate of drug-likeness (QED) is 0.727. The number of carbonyl (C=O) groups excluding carboxylic acids is 3. The van der Waals surface area contributed by atoms with E-state index in [1.807, 2.05) is 0 Å². The molecule has 2 heterocycles. The molecule has 7 nitrogen and oxygen atoms in total. The number of rotatable bonds is 5. The van der Waals surface area contributed by atoms with Gasteiger partial charge in [-0.25, -0.2) is 4.79 Å². The van der Waals surface area contributed by atoms with Crippen LogP contribution in [-0.4, -0.2) is 65.4 Å². The van der Waals surface area contributed by atoms with Gasteiger partial charge in [-0.15, -0.1) is 0 Å². The smallest absolute Gasteiger partial charge is 0.325 e. The Labute approximate surface area is 149 Å². The van der Waals surface area contributed by atoms with Crippen molar-refractivity contribution >= 4 is 17.8 Å². The van der Waals surface area contributed by atoms with Crippen LogP contribution in [0.4, 0.5) is 4.79 Å². The Balaban J connectivity index is 1.53. The van der Waals surface area contributed by atoms with E-state index in [4.69, 9.17) is 0 Å². The van der Waals surface area contributed by atoms with Gasteiger partial charge in [0.25, 0.3) is 5.91 Å². The topological polar surface area (TPSA) is 81.8 Å². The van der Waals surface area contributed by atoms with Crippen molar-refractivity contribution in [2.24, 2.45) is 5.92 Å². The summed E-state index contributed by atoms with van der Waals surface area (Å²) in [4.78, 5) is 40.7. The van der Waals surface area contributed by atoms with E-state index in [2.05, 4.69) is 29.4 Å². The lowest BCUT2D eigenvalue weighted by molar-refractivity contribution is -0.136. The molecule has 0 bridgehead atoms. The molecule has 1 unspecified atom stereocenters. The molecule has 1 aliphatic carbocycles. The first-order chi connectivity index (χ1) is 11.9.